The Morgan fingerprint density at radius 2 is 1.63 bits per heavy atom. The second-order valence-electron chi connectivity index (χ2n) is 6.58. The van der Waals surface area contributed by atoms with Gasteiger partial charge in [0.05, 0.1) is 0 Å². The van der Waals surface area contributed by atoms with E-state index in [1.54, 1.807) is 6.92 Å². The van der Waals surface area contributed by atoms with Crippen LogP contribution in [-0.2, 0) is 9.59 Å². The molecule has 2 rings (SSSR count). The minimum absolute atomic E-state index is 0.196. The summed E-state index contributed by atoms with van der Waals surface area (Å²) < 4.78 is 11.2. The van der Waals surface area contributed by atoms with E-state index in [4.69, 9.17) is 9.47 Å². The number of benzene rings is 2. The first kappa shape index (κ1) is 20.3. The van der Waals surface area contributed by atoms with Gasteiger partial charge in [0.15, 0.2) is 12.7 Å². The predicted molar refractivity (Wildman–Crippen MR) is 104 cm³/mol. The zero-order chi connectivity index (χ0) is 20.0. The smallest absolute Gasteiger partial charge is 0.279 e. The minimum Gasteiger partial charge on any atom is -0.483 e. The van der Waals surface area contributed by atoms with E-state index in [0.29, 0.717) is 11.5 Å². The molecule has 0 radical (unpaired) electrons. The summed E-state index contributed by atoms with van der Waals surface area (Å²) in [6.45, 7) is 9.11. The highest BCUT2D eigenvalue weighted by atomic mass is 16.5. The van der Waals surface area contributed by atoms with Crippen LogP contribution in [0.3, 0.4) is 0 Å². The molecule has 2 aromatic rings. The molecule has 0 aliphatic heterocycles. The lowest BCUT2D eigenvalue weighted by Crippen LogP contribution is -2.48. The average Bonchev–Trinajstić information content (AvgIpc) is 2.62. The summed E-state index contributed by atoms with van der Waals surface area (Å²) in [6.07, 6.45) is -0.759. The first-order valence-corrected chi connectivity index (χ1v) is 8.79. The number of aryl methyl sites for hydroxylation is 4. The molecule has 1 atom stereocenters. The average molecular weight is 370 g/mol. The Kier molecular flexibility index (Phi) is 6.82. The molecule has 0 spiro atoms. The second kappa shape index (κ2) is 9.07. The Hall–Kier alpha value is -3.02. The van der Waals surface area contributed by atoms with E-state index >= 15 is 0 Å². The standard InChI is InChI=1S/C21H26N2O4/c1-13-9-10-14(2)18(11-13)27-17(5)21(25)23-22-19(24)12-26-20-15(3)7-6-8-16(20)4/h6-11,17H,12H2,1-5H3,(H,22,24)(H,23,25). The van der Waals surface area contributed by atoms with Crippen LogP contribution in [0.5, 0.6) is 11.5 Å². The maximum absolute atomic E-state index is 12.1. The molecule has 1 unspecified atom stereocenters. The normalized spacial score (nSPS) is 11.4. The van der Waals surface area contributed by atoms with Crippen molar-refractivity contribution < 1.29 is 19.1 Å². The summed E-state index contributed by atoms with van der Waals surface area (Å²) in [5.74, 6) is 0.411. The van der Waals surface area contributed by atoms with Gasteiger partial charge in [-0.1, -0.05) is 30.3 Å². The molecule has 0 saturated heterocycles. The van der Waals surface area contributed by atoms with Crippen molar-refractivity contribution in [2.75, 3.05) is 6.61 Å². The Bertz CT molecular complexity index is 813. The molecule has 0 heterocycles. The van der Waals surface area contributed by atoms with Gasteiger partial charge in [-0.15, -0.1) is 0 Å². The Morgan fingerprint density at radius 1 is 0.963 bits per heavy atom. The molecular formula is C21H26N2O4. The lowest BCUT2D eigenvalue weighted by molar-refractivity contribution is -0.133. The third-order valence-electron chi connectivity index (χ3n) is 4.10. The first-order valence-electron chi connectivity index (χ1n) is 8.79. The van der Waals surface area contributed by atoms with E-state index < -0.39 is 17.9 Å². The number of hydrazine groups is 1. The SMILES string of the molecule is Cc1ccc(C)c(OC(C)C(=O)NNC(=O)COc2c(C)cccc2C)c1. The van der Waals surface area contributed by atoms with Crippen LogP contribution >= 0.6 is 0 Å². The van der Waals surface area contributed by atoms with Crippen LogP contribution in [0.2, 0.25) is 0 Å². The number of carbonyl (C=O) groups is 2. The van der Waals surface area contributed by atoms with Gasteiger partial charge in [0, 0.05) is 0 Å². The first-order chi connectivity index (χ1) is 12.8. The highest BCUT2D eigenvalue weighted by molar-refractivity contribution is 5.85. The maximum atomic E-state index is 12.1. The van der Waals surface area contributed by atoms with Crippen molar-refractivity contribution in [2.24, 2.45) is 0 Å². The van der Waals surface area contributed by atoms with Gasteiger partial charge in [-0.05, 0) is 62.9 Å². The monoisotopic (exact) mass is 370 g/mol. The molecule has 0 fully saturated rings. The summed E-state index contributed by atoms with van der Waals surface area (Å²) in [6, 6.07) is 11.5. The number of hydrogen-bond donors (Lipinski definition) is 2. The van der Waals surface area contributed by atoms with Crippen molar-refractivity contribution in [2.45, 2.75) is 40.7 Å². The molecule has 0 bridgehead atoms. The zero-order valence-corrected chi connectivity index (χ0v) is 16.4. The van der Waals surface area contributed by atoms with Crippen LogP contribution in [0, 0.1) is 27.7 Å². The van der Waals surface area contributed by atoms with Gasteiger partial charge in [0.1, 0.15) is 11.5 Å². The topological polar surface area (TPSA) is 76.7 Å². The molecule has 0 aliphatic rings. The van der Waals surface area contributed by atoms with E-state index in [-0.39, 0.29) is 6.61 Å². The van der Waals surface area contributed by atoms with Gasteiger partial charge >= 0.3 is 0 Å². The van der Waals surface area contributed by atoms with Crippen molar-refractivity contribution in [1.82, 2.24) is 10.9 Å². The van der Waals surface area contributed by atoms with E-state index in [1.165, 1.54) is 0 Å². The van der Waals surface area contributed by atoms with E-state index in [0.717, 1.165) is 22.3 Å². The van der Waals surface area contributed by atoms with Crippen LogP contribution in [-0.4, -0.2) is 24.5 Å². The van der Waals surface area contributed by atoms with Crippen molar-refractivity contribution in [1.29, 1.82) is 0 Å². The number of rotatable bonds is 6. The van der Waals surface area contributed by atoms with Gasteiger partial charge in [0.2, 0.25) is 0 Å². The molecule has 6 nitrogen and oxygen atoms in total. The van der Waals surface area contributed by atoms with Crippen molar-refractivity contribution in [3.63, 3.8) is 0 Å². The Morgan fingerprint density at radius 3 is 2.30 bits per heavy atom. The molecule has 0 aromatic heterocycles. The number of amides is 2. The number of para-hydroxylation sites is 1. The Labute approximate surface area is 159 Å². The molecule has 2 N–H and O–H groups in total. The quantitative estimate of drug-likeness (QED) is 0.767. The van der Waals surface area contributed by atoms with Gasteiger partial charge in [-0.2, -0.15) is 0 Å². The zero-order valence-electron chi connectivity index (χ0n) is 16.4. The lowest BCUT2D eigenvalue weighted by atomic mass is 10.1. The van der Waals surface area contributed by atoms with Gasteiger partial charge in [-0.25, -0.2) is 0 Å². The van der Waals surface area contributed by atoms with Crippen LogP contribution in [0.15, 0.2) is 36.4 Å². The molecular weight excluding hydrogens is 344 g/mol. The second-order valence-corrected chi connectivity index (χ2v) is 6.58. The summed E-state index contributed by atoms with van der Waals surface area (Å²) in [4.78, 5) is 24.1. The molecule has 6 heteroatoms. The predicted octanol–water partition coefficient (Wildman–Crippen LogP) is 2.91. The molecule has 2 amide bonds. The fourth-order valence-corrected chi connectivity index (χ4v) is 2.51. The summed E-state index contributed by atoms with van der Waals surface area (Å²) in [5.41, 5.74) is 8.57. The fraction of sp³-hybridized carbons (Fsp3) is 0.333. The third-order valence-corrected chi connectivity index (χ3v) is 4.10. The van der Waals surface area contributed by atoms with Crippen molar-refractivity contribution >= 4 is 11.8 Å². The van der Waals surface area contributed by atoms with Crippen LogP contribution < -0.4 is 20.3 Å². The number of nitrogens with one attached hydrogen (secondary N) is 2. The van der Waals surface area contributed by atoms with Gasteiger partial charge in [-0.3, -0.25) is 20.4 Å². The van der Waals surface area contributed by atoms with Gasteiger partial charge in [0.25, 0.3) is 11.8 Å². The van der Waals surface area contributed by atoms with E-state index in [1.807, 2.05) is 64.1 Å². The van der Waals surface area contributed by atoms with Crippen LogP contribution in [0.1, 0.15) is 29.2 Å². The summed E-state index contributed by atoms with van der Waals surface area (Å²) >= 11 is 0. The highest BCUT2D eigenvalue weighted by Crippen LogP contribution is 2.22. The summed E-state index contributed by atoms with van der Waals surface area (Å²) in [7, 11) is 0. The van der Waals surface area contributed by atoms with Crippen LogP contribution in [0.25, 0.3) is 0 Å². The summed E-state index contributed by atoms with van der Waals surface area (Å²) in [5, 5.41) is 0. The number of ether oxygens (including phenoxy) is 2. The molecule has 0 saturated carbocycles. The molecule has 27 heavy (non-hydrogen) atoms. The largest absolute Gasteiger partial charge is 0.483 e. The Balaban J connectivity index is 1.82. The van der Waals surface area contributed by atoms with Crippen molar-refractivity contribution in [3.05, 3.63) is 58.7 Å². The molecule has 144 valence electrons. The number of carbonyl (C=O) groups excluding carboxylic acids is 2. The molecule has 0 aliphatic carbocycles. The lowest BCUT2D eigenvalue weighted by Gasteiger charge is -2.17. The fourth-order valence-electron chi connectivity index (χ4n) is 2.51. The minimum atomic E-state index is -0.759. The van der Waals surface area contributed by atoms with E-state index in [9.17, 15) is 9.59 Å². The van der Waals surface area contributed by atoms with Crippen LogP contribution in [0.4, 0.5) is 0 Å². The number of hydrogen-bond acceptors (Lipinski definition) is 4. The third kappa shape index (κ3) is 5.74. The highest BCUT2D eigenvalue weighted by Gasteiger charge is 2.17. The van der Waals surface area contributed by atoms with Gasteiger partial charge < -0.3 is 9.47 Å². The maximum Gasteiger partial charge on any atom is 0.279 e. The van der Waals surface area contributed by atoms with E-state index in [2.05, 4.69) is 10.9 Å². The molecule has 2 aromatic carbocycles. The van der Waals surface area contributed by atoms with Crippen molar-refractivity contribution in [3.8, 4) is 11.5 Å².